The second-order valence-electron chi connectivity index (χ2n) is 9.31. The maximum Gasteiger partial charge on any atom is 0.254 e. The average molecular weight is 378 g/mol. The van der Waals surface area contributed by atoms with Gasteiger partial charge in [0, 0.05) is 48.4 Å². The van der Waals surface area contributed by atoms with Crippen molar-refractivity contribution in [3.63, 3.8) is 0 Å². The maximum atomic E-state index is 12.8. The van der Waals surface area contributed by atoms with Gasteiger partial charge in [-0.2, -0.15) is 5.10 Å². The van der Waals surface area contributed by atoms with Crippen molar-refractivity contribution >= 4 is 11.8 Å². The number of piperidine rings is 1. The molecule has 2 aliphatic heterocycles. The van der Waals surface area contributed by atoms with Crippen LogP contribution in [0.1, 0.15) is 53.9 Å². The number of hydrogen-bond donors (Lipinski definition) is 2. The minimum atomic E-state index is 0.104. The number of aromatic nitrogens is 2. The Morgan fingerprint density at radius 3 is 2.89 bits per heavy atom. The van der Waals surface area contributed by atoms with E-state index in [1.807, 2.05) is 17.0 Å². The van der Waals surface area contributed by atoms with Gasteiger partial charge in [0.2, 0.25) is 5.91 Å². The lowest BCUT2D eigenvalue weighted by Crippen LogP contribution is -2.41. The second-order valence-corrected chi connectivity index (χ2v) is 9.31. The molecular weight excluding hydrogens is 352 g/mol. The number of carbonyl (C=O) groups excluding carboxylic acids is 2. The fourth-order valence-electron chi connectivity index (χ4n) is 4.92. The van der Waals surface area contributed by atoms with Crippen molar-refractivity contribution in [2.75, 3.05) is 13.1 Å². The largest absolute Gasteiger partial charge is 0.356 e. The Morgan fingerprint density at radius 1 is 1.25 bits per heavy atom. The van der Waals surface area contributed by atoms with Gasteiger partial charge in [0.15, 0.2) is 0 Å². The fraction of sp³-hybridized carbons (Fsp3) is 0.500. The molecule has 3 aliphatic rings. The van der Waals surface area contributed by atoms with Gasteiger partial charge in [-0.15, -0.1) is 0 Å². The van der Waals surface area contributed by atoms with Crippen molar-refractivity contribution in [1.82, 2.24) is 20.4 Å². The van der Waals surface area contributed by atoms with Crippen LogP contribution < -0.4 is 5.32 Å². The van der Waals surface area contributed by atoms with E-state index in [4.69, 9.17) is 0 Å². The molecule has 6 nitrogen and oxygen atoms in total. The summed E-state index contributed by atoms with van der Waals surface area (Å²) in [5.74, 6) is 0.561. The third kappa shape index (κ3) is 2.91. The number of H-pyrrole nitrogens is 1. The van der Waals surface area contributed by atoms with Crippen LogP contribution in [0.3, 0.4) is 0 Å². The first-order chi connectivity index (χ1) is 13.4. The Bertz CT molecular complexity index is 965. The number of rotatable bonds is 3. The average Bonchev–Trinajstić information content (AvgIpc) is 3.27. The van der Waals surface area contributed by atoms with Crippen LogP contribution in [-0.2, 0) is 24.2 Å². The highest BCUT2D eigenvalue weighted by Crippen LogP contribution is 2.40. The summed E-state index contributed by atoms with van der Waals surface area (Å²) in [4.78, 5) is 26.1. The third-order valence-electron chi connectivity index (χ3n) is 6.37. The Balaban J connectivity index is 1.36. The first-order valence-corrected chi connectivity index (χ1v) is 10.1. The summed E-state index contributed by atoms with van der Waals surface area (Å²) in [6, 6.07) is 6.12. The van der Waals surface area contributed by atoms with Crippen molar-refractivity contribution in [3.05, 3.63) is 40.6 Å². The molecule has 2 aromatic rings. The molecule has 1 aliphatic carbocycles. The summed E-state index contributed by atoms with van der Waals surface area (Å²) in [6.07, 6.45) is 3.48. The highest BCUT2D eigenvalue weighted by atomic mass is 16.2. The molecule has 5 rings (SSSR count). The summed E-state index contributed by atoms with van der Waals surface area (Å²) < 4.78 is 0. The molecule has 2 N–H and O–H groups in total. The summed E-state index contributed by atoms with van der Waals surface area (Å²) in [6.45, 7) is 6.59. The molecule has 0 saturated carbocycles. The predicted octanol–water partition coefficient (Wildman–Crippen LogP) is 2.68. The van der Waals surface area contributed by atoms with E-state index in [1.54, 1.807) is 0 Å². The summed E-state index contributed by atoms with van der Waals surface area (Å²) in [7, 11) is 0. The third-order valence-corrected chi connectivity index (χ3v) is 6.37. The molecule has 0 spiro atoms. The SMILES string of the molecule is CC1(C)Cc2[nH]nc(-c3ccc4c(c3)CN(CC3CCC(=O)NC3)C4=O)c2C1. The van der Waals surface area contributed by atoms with E-state index >= 15 is 0 Å². The first kappa shape index (κ1) is 17.5. The van der Waals surface area contributed by atoms with Crippen LogP contribution in [0.4, 0.5) is 0 Å². The van der Waals surface area contributed by atoms with Gasteiger partial charge >= 0.3 is 0 Å². The van der Waals surface area contributed by atoms with Gasteiger partial charge in [-0.3, -0.25) is 14.7 Å². The van der Waals surface area contributed by atoms with Gasteiger partial charge in [-0.25, -0.2) is 0 Å². The monoisotopic (exact) mass is 378 g/mol. The van der Waals surface area contributed by atoms with Gasteiger partial charge in [0.1, 0.15) is 0 Å². The number of nitrogens with zero attached hydrogens (tertiary/aromatic N) is 2. The number of amides is 2. The molecule has 6 heteroatoms. The Kier molecular flexibility index (Phi) is 3.86. The number of aromatic amines is 1. The molecule has 0 radical (unpaired) electrons. The lowest BCUT2D eigenvalue weighted by Gasteiger charge is -2.27. The topological polar surface area (TPSA) is 78.1 Å². The van der Waals surface area contributed by atoms with Crippen molar-refractivity contribution in [2.45, 2.75) is 46.1 Å². The summed E-state index contributed by atoms with van der Waals surface area (Å²) in [5.41, 5.74) is 6.85. The molecule has 3 heterocycles. The summed E-state index contributed by atoms with van der Waals surface area (Å²) in [5, 5.41) is 10.7. The highest BCUT2D eigenvalue weighted by molar-refractivity contribution is 5.99. The van der Waals surface area contributed by atoms with Crippen LogP contribution in [0, 0.1) is 11.3 Å². The highest BCUT2D eigenvalue weighted by Gasteiger charge is 2.34. The Morgan fingerprint density at radius 2 is 2.11 bits per heavy atom. The maximum absolute atomic E-state index is 12.8. The van der Waals surface area contributed by atoms with Crippen LogP contribution in [0.5, 0.6) is 0 Å². The van der Waals surface area contributed by atoms with Crippen molar-refractivity contribution in [2.24, 2.45) is 11.3 Å². The standard InChI is InChI=1S/C22H26N4O2/c1-22(2)8-17-18(9-22)24-25-20(17)14-4-5-16-15(7-14)12-26(21(16)28)11-13-3-6-19(27)23-10-13/h4-5,7,13H,3,6,8-12H2,1-2H3,(H,23,27)(H,24,25). The zero-order valence-electron chi connectivity index (χ0n) is 16.5. The van der Waals surface area contributed by atoms with Crippen molar-refractivity contribution in [3.8, 4) is 11.3 Å². The van der Waals surface area contributed by atoms with Gasteiger partial charge in [-0.1, -0.05) is 19.9 Å². The lowest BCUT2D eigenvalue weighted by atomic mass is 9.90. The molecule has 1 atom stereocenters. The van der Waals surface area contributed by atoms with Crippen LogP contribution in [0.15, 0.2) is 18.2 Å². The normalized spacial score (nSPS) is 22.9. The zero-order chi connectivity index (χ0) is 19.5. The van der Waals surface area contributed by atoms with E-state index in [9.17, 15) is 9.59 Å². The molecule has 0 bridgehead atoms. The Hall–Kier alpha value is -2.63. The number of carbonyl (C=O) groups is 2. The fourth-order valence-corrected chi connectivity index (χ4v) is 4.92. The molecular formula is C22H26N4O2. The number of hydrogen-bond acceptors (Lipinski definition) is 3. The first-order valence-electron chi connectivity index (χ1n) is 10.1. The molecule has 1 saturated heterocycles. The van der Waals surface area contributed by atoms with Crippen LogP contribution in [0.25, 0.3) is 11.3 Å². The molecule has 1 aromatic carbocycles. The number of benzene rings is 1. The smallest absolute Gasteiger partial charge is 0.254 e. The van der Waals surface area contributed by atoms with Gasteiger partial charge in [0.05, 0.1) is 5.69 Å². The Labute approximate surface area is 164 Å². The van der Waals surface area contributed by atoms with Gasteiger partial charge in [0.25, 0.3) is 5.91 Å². The minimum absolute atomic E-state index is 0.104. The lowest BCUT2D eigenvalue weighted by molar-refractivity contribution is -0.123. The number of fused-ring (bicyclic) bond motifs is 2. The molecule has 28 heavy (non-hydrogen) atoms. The van der Waals surface area contributed by atoms with Crippen molar-refractivity contribution < 1.29 is 9.59 Å². The van der Waals surface area contributed by atoms with E-state index in [1.165, 1.54) is 11.3 Å². The van der Waals surface area contributed by atoms with E-state index in [2.05, 4.69) is 35.4 Å². The minimum Gasteiger partial charge on any atom is -0.356 e. The van der Waals surface area contributed by atoms with E-state index in [0.717, 1.165) is 41.6 Å². The molecule has 146 valence electrons. The quantitative estimate of drug-likeness (QED) is 0.862. The van der Waals surface area contributed by atoms with Crippen LogP contribution in [0.2, 0.25) is 0 Å². The molecule has 2 amide bonds. The van der Waals surface area contributed by atoms with E-state index in [0.29, 0.717) is 32.0 Å². The second kappa shape index (κ2) is 6.19. The molecule has 1 aromatic heterocycles. The summed E-state index contributed by atoms with van der Waals surface area (Å²) >= 11 is 0. The molecule has 1 fully saturated rings. The number of nitrogens with one attached hydrogen (secondary N) is 2. The van der Waals surface area contributed by atoms with Gasteiger partial charge < -0.3 is 10.2 Å². The van der Waals surface area contributed by atoms with E-state index in [-0.39, 0.29) is 17.2 Å². The predicted molar refractivity (Wildman–Crippen MR) is 106 cm³/mol. The zero-order valence-corrected chi connectivity index (χ0v) is 16.5. The molecule has 1 unspecified atom stereocenters. The van der Waals surface area contributed by atoms with Crippen molar-refractivity contribution in [1.29, 1.82) is 0 Å². The van der Waals surface area contributed by atoms with E-state index < -0.39 is 0 Å². The van der Waals surface area contributed by atoms with Gasteiger partial charge in [-0.05, 0) is 48.3 Å². The van der Waals surface area contributed by atoms with Crippen LogP contribution >= 0.6 is 0 Å². The van der Waals surface area contributed by atoms with Crippen LogP contribution in [-0.4, -0.2) is 40.0 Å².